The second-order valence-electron chi connectivity index (χ2n) is 5.04. The number of halogens is 4. The monoisotopic (exact) mass is 390 g/mol. The summed E-state index contributed by atoms with van der Waals surface area (Å²) >= 11 is 1.24. The molecular weight excluding hydrogens is 376 g/mol. The number of thioether (sulfide) groups is 1. The molecule has 0 fully saturated rings. The Labute approximate surface area is 150 Å². The number of carbonyl (C=O) groups is 1. The van der Waals surface area contributed by atoms with Crippen LogP contribution < -0.4 is 10.1 Å². The predicted molar refractivity (Wildman–Crippen MR) is 86.1 cm³/mol. The fourth-order valence-corrected chi connectivity index (χ4v) is 2.23. The van der Waals surface area contributed by atoms with Crippen LogP contribution in [-0.4, -0.2) is 39.9 Å². The first kappa shape index (κ1) is 19.9. The second-order valence-corrected chi connectivity index (χ2v) is 5.82. The van der Waals surface area contributed by atoms with Crippen molar-refractivity contribution in [2.75, 3.05) is 6.26 Å². The average Bonchev–Trinajstić information content (AvgIpc) is 2.60. The number of nitrogens with one attached hydrogen (secondary N) is 1. The third-order valence-electron chi connectivity index (χ3n) is 3.16. The zero-order valence-electron chi connectivity index (χ0n) is 13.7. The maximum Gasteiger partial charge on any atom is 0.425 e. The van der Waals surface area contributed by atoms with Gasteiger partial charge in [-0.15, -0.1) is 0 Å². The van der Waals surface area contributed by atoms with Crippen molar-refractivity contribution in [3.63, 3.8) is 0 Å². The summed E-state index contributed by atoms with van der Waals surface area (Å²) in [6, 6.07) is 2.50. The molecule has 26 heavy (non-hydrogen) atoms. The van der Waals surface area contributed by atoms with Gasteiger partial charge in [0.1, 0.15) is 0 Å². The molecule has 140 valence electrons. The standard InChI is InChI=1S/C15H14F4N4O2S/c1-8(15(17,18)19)25-13-11(16)3-9(5-21-13)12-4-10(6-20-7-24)22-14(23-12)26-2/h3-5,7-8H,6H2,1-2H3,(H,20,24)/t8-/m0/s1. The maximum atomic E-state index is 14.1. The number of pyridine rings is 1. The van der Waals surface area contributed by atoms with Gasteiger partial charge in [-0.2, -0.15) is 13.2 Å². The fourth-order valence-electron chi connectivity index (χ4n) is 1.84. The maximum absolute atomic E-state index is 14.1. The summed E-state index contributed by atoms with van der Waals surface area (Å²) in [5, 5.41) is 2.84. The van der Waals surface area contributed by atoms with Gasteiger partial charge in [0, 0.05) is 11.8 Å². The number of rotatable bonds is 7. The zero-order valence-corrected chi connectivity index (χ0v) is 14.5. The van der Waals surface area contributed by atoms with Gasteiger partial charge in [-0.05, 0) is 25.3 Å². The number of nitrogens with zero attached hydrogens (tertiary/aromatic N) is 3. The Morgan fingerprint density at radius 3 is 2.65 bits per heavy atom. The molecule has 0 saturated carbocycles. The van der Waals surface area contributed by atoms with E-state index in [0.717, 1.165) is 19.2 Å². The first-order valence-corrected chi connectivity index (χ1v) is 8.45. The molecule has 1 amide bonds. The largest absolute Gasteiger partial charge is 0.463 e. The van der Waals surface area contributed by atoms with Crippen molar-refractivity contribution in [3.05, 3.63) is 29.8 Å². The highest BCUT2D eigenvalue weighted by molar-refractivity contribution is 7.98. The van der Waals surface area contributed by atoms with E-state index in [-0.39, 0.29) is 12.1 Å². The summed E-state index contributed by atoms with van der Waals surface area (Å²) in [6.45, 7) is 0.906. The Morgan fingerprint density at radius 2 is 2.08 bits per heavy atom. The summed E-state index contributed by atoms with van der Waals surface area (Å²) in [5.41, 5.74) is 1.03. The van der Waals surface area contributed by atoms with E-state index in [1.165, 1.54) is 17.8 Å². The van der Waals surface area contributed by atoms with Crippen LogP contribution in [0.2, 0.25) is 0 Å². The number of aromatic nitrogens is 3. The highest BCUT2D eigenvalue weighted by Crippen LogP contribution is 2.28. The van der Waals surface area contributed by atoms with Gasteiger partial charge in [0.05, 0.1) is 17.9 Å². The quantitative estimate of drug-likeness (QED) is 0.339. The minimum Gasteiger partial charge on any atom is -0.463 e. The highest BCUT2D eigenvalue weighted by Gasteiger charge is 2.38. The van der Waals surface area contributed by atoms with Crippen molar-refractivity contribution in [3.8, 4) is 17.1 Å². The number of hydrogen-bond acceptors (Lipinski definition) is 6. The molecule has 2 aromatic heterocycles. The average molecular weight is 390 g/mol. The molecule has 0 spiro atoms. The zero-order chi connectivity index (χ0) is 19.3. The molecule has 1 N–H and O–H groups in total. The molecule has 0 aliphatic carbocycles. The van der Waals surface area contributed by atoms with Crippen LogP contribution in [0, 0.1) is 5.82 Å². The smallest absolute Gasteiger partial charge is 0.425 e. The molecule has 2 aromatic rings. The minimum absolute atomic E-state index is 0.146. The molecule has 11 heteroatoms. The minimum atomic E-state index is -4.63. The number of amides is 1. The van der Waals surface area contributed by atoms with Crippen LogP contribution in [0.15, 0.2) is 23.5 Å². The van der Waals surface area contributed by atoms with Gasteiger partial charge in [-0.1, -0.05) is 11.8 Å². The van der Waals surface area contributed by atoms with E-state index < -0.39 is 24.0 Å². The predicted octanol–water partition coefficient (Wildman–Crippen LogP) is 2.98. The number of carbonyl (C=O) groups excluding carboxylic acids is 1. The van der Waals surface area contributed by atoms with Crippen LogP contribution in [0.4, 0.5) is 17.6 Å². The van der Waals surface area contributed by atoms with E-state index in [1.807, 2.05) is 0 Å². The Kier molecular flexibility index (Phi) is 6.35. The molecule has 0 bridgehead atoms. The van der Waals surface area contributed by atoms with Crippen molar-refractivity contribution in [2.45, 2.75) is 30.9 Å². The third kappa shape index (κ3) is 5.04. The van der Waals surface area contributed by atoms with Gasteiger partial charge < -0.3 is 10.1 Å². The Hall–Kier alpha value is -2.43. The molecular formula is C15H14F4N4O2S. The van der Waals surface area contributed by atoms with Crippen molar-refractivity contribution in [1.82, 2.24) is 20.3 Å². The lowest BCUT2D eigenvalue weighted by molar-refractivity contribution is -0.190. The lowest BCUT2D eigenvalue weighted by Crippen LogP contribution is -2.31. The van der Waals surface area contributed by atoms with Crippen LogP contribution in [0.25, 0.3) is 11.3 Å². The summed E-state index contributed by atoms with van der Waals surface area (Å²) in [6.07, 6.45) is -3.42. The number of alkyl halides is 3. The molecule has 0 radical (unpaired) electrons. The van der Waals surface area contributed by atoms with Crippen molar-refractivity contribution >= 4 is 18.2 Å². The molecule has 0 unspecified atom stereocenters. The Morgan fingerprint density at radius 1 is 1.35 bits per heavy atom. The SMILES string of the molecule is CSc1nc(CNC=O)cc(-c2cnc(O[C@@H](C)C(F)(F)F)c(F)c2)n1. The molecule has 6 nitrogen and oxygen atoms in total. The summed E-state index contributed by atoms with van der Waals surface area (Å²) < 4.78 is 56.2. The Balaban J connectivity index is 2.31. The Bertz CT molecular complexity index is 789. The van der Waals surface area contributed by atoms with Crippen molar-refractivity contribution in [2.24, 2.45) is 0 Å². The normalized spacial score (nSPS) is 12.5. The van der Waals surface area contributed by atoms with Gasteiger partial charge in [-0.3, -0.25) is 4.79 Å². The molecule has 0 saturated heterocycles. The third-order valence-corrected chi connectivity index (χ3v) is 3.71. The van der Waals surface area contributed by atoms with Crippen molar-refractivity contribution in [1.29, 1.82) is 0 Å². The molecule has 0 aliphatic heterocycles. The lowest BCUT2D eigenvalue weighted by atomic mass is 10.2. The van der Waals surface area contributed by atoms with E-state index in [4.69, 9.17) is 0 Å². The molecule has 2 rings (SSSR count). The first-order chi connectivity index (χ1) is 12.2. The van der Waals surface area contributed by atoms with E-state index in [1.54, 1.807) is 6.26 Å². The molecule has 1 atom stereocenters. The van der Waals surface area contributed by atoms with Crippen LogP contribution in [-0.2, 0) is 11.3 Å². The lowest BCUT2D eigenvalue weighted by Gasteiger charge is -2.17. The van der Waals surface area contributed by atoms with Crippen LogP contribution >= 0.6 is 11.8 Å². The van der Waals surface area contributed by atoms with Crippen LogP contribution in [0.5, 0.6) is 5.88 Å². The molecule has 0 aliphatic rings. The topological polar surface area (TPSA) is 77.0 Å². The van der Waals surface area contributed by atoms with E-state index in [2.05, 4.69) is 25.0 Å². The van der Waals surface area contributed by atoms with Gasteiger partial charge in [0.15, 0.2) is 17.1 Å². The molecule has 0 aromatic carbocycles. The summed E-state index contributed by atoms with van der Waals surface area (Å²) in [4.78, 5) is 22.4. The van der Waals surface area contributed by atoms with Crippen LogP contribution in [0.1, 0.15) is 12.6 Å². The highest BCUT2D eigenvalue weighted by atomic mass is 32.2. The van der Waals surface area contributed by atoms with E-state index >= 15 is 0 Å². The van der Waals surface area contributed by atoms with Crippen molar-refractivity contribution < 1.29 is 27.1 Å². The van der Waals surface area contributed by atoms with E-state index in [0.29, 0.717) is 23.0 Å². The van der Waals surface area contributed by atoms with Gasteiger partial charge >= 0.3 is 6.18 Å². The van der Waals surface area contributed by atoms with Gasteiger partial charge in [-0.25, -0.2) is 19.3 Å². The summed E-state index contributed by atoms with van der Waals surface area (Å²) in [7, 11) is 0. The van der Waals surface area contributed by atoms with Crippen LogP contribution in [0.3, 0.4) is 0 Å². The van der Waals surface area contributed by atoms with E-state index in [9.17, 15) is 22.4 Å². The fraction of sp³-hybridized carbons (Fsp3) is 0.333. The first-order valence-electron chi connectivity index (χ1n) is 7.23. The van der Waals surface area contributed by atoms with Gasteiger partial charge in [0.25, 0.3) is 5.88 Å². The number of hydrogen-bond donors (Lipinski definition) is 1. The van der Waals surface area contributed by atoms with Gasteiger partial charge in [0.2, 0.25) is 6.41 Å². The second kappa shape index (κ2) is 8.30. The molecule has 2 heterocycles. The summed E-state index contributed by atoms with van der Waals surface area (Å²) in [5.74, 6) is -1.80. The number of ether oxygens (including phenoxy) is 1.